The van der Waals surface area contributed by atoms with Gasteiger partial charge in [0.05, 0.1) is 36.1 Å². The average Bonchev–Trinajstić information content (AvgIpc) is 3.12. The van der Waals surface area contributed by atoms with Gasteiger partial charge in [-0.1, -0.05) is 0 Å². The third-order valence-corrected chi connectivity index (χ3v) is 5.45. The molecule has 0 spiro atoms. The van der Waals surface area contributed by atoms with Crippen LogP contribution in [0.1, 0.15) is 31.0 Å². The maximum Gasteiger partial charge on any atom is 0.300 e. The van der Waals surface area contributed by atoms with E-state index in [9.17, 15) is 23.5 Å². The summed E-state index contributed by atoms with van der Waals surface area (Å²) in [6.07, 6.45) is 2.86. The second-order valence-corrected chi connectivity index (χ2v) is 7.57. The van der Waals surface area contributed by atoms with Gasteiger partial charge in [-0.15, -0.1) is 0 Å². The van der Waals surface area contributed by atoms with E-state index in [1.54, 1.807) is 19.1 Å². The van der Waals surface area contributed by atoms with E-state index in [1.165, 1.54) is 30.6 Å². The number of carbonyl (C=O) groups is 2. The molecule has 9 heteroatoms. The number of pyridine rings is 1. The lowest BCUT2D eigenvalue weighted by molar-refractivity contribution is -0.132. The highest BCUT2D eigenvalue weighted by Crippen LogP contribution is 2.44. The van der Waals surface area contributed by atoms with E-state index < -0.39 is 40.8 Å². The zero-order valence-electron chi connectivity index (χ0n) is 19.0. The normalized spacial score (nSPS) is 17.0. The van der Waals surface area contributed by atoms with Crippen molar-refractivity contribution in [3.63, 3.8) is 0 Å². The van der Waals surface area contributed by atoms with Gasteiger partial charge in [-0.2, -0.15) is 0 Å². The number of aromatic nitrogens is 1. The zero-order chi connectivity index (χ0) is 25.1. The third-order valence-electron chi connectivity index (χ3n) is 5.45. The zero-order valence-corrected chi connectivity index (χ0v) is 19.0. The summed E-state index contributed by atoms with van der Waals surface area (Å²) in [6.45, 7) is 4.23. The van der Waals surface area contributed by atoms with Crippen LogP contribution >= 0.6 is 0 Å². The van der Waals surface area contributed by atoms with Crippen LogP contribution in [0.15, 0.2) is 66.5 Å². The minimum absolute atomic E-state index is 0.145. The third kappa shape index (κ3) is 4.44. The van der Waals surface area contributed by atoms with Crippen molar-refractivity contribution in [3.05, 3.63) is 89.3 Å². The first kappa shape index (κ1) is 23.9. The summed E-state index contributed by atoms with van der Waals surface area (Å²) in [4.78, 5) is 31.1. The molecule has 1 aliphatic rings. The summed E-state index contributed by atoms with van der Waals surface area (Å²) < 4.78 is 39.9. The maximum absolute atomic E-state index is 14.7. The molecule has 1 atom stereocenters. The fourth-order valence-corrected chi connectivity index (χ4v) is 3.99. The first-order chi connectivity index (χ1) is 16.9. The van der Waals surface area contributed by atoms with Crippen molar-refractivity contribution < 1.29 is 33.0 Å². The monoisotopic (exact) mass is 480 g/mol. The molecule has 2 heterocycles. The molecule has 1 aromatic heterocycles. The number of aliphatic hydroxyl groups excluding tert-OH is 1. The highest BCUT2D eigenvalue weighted by molar-refractivity contribution is 6.51. The second-order valence-electron chi connectivity index (χ2n) is 7.57. The van der Waals surface area contributed by atoms with Gasteiger partial charge >= 0.3 is 0 Å². The highest BCUT2D eigenvalue weighted by Gasteiger charge is 2.48. The number of rotatable bonds is 7. The van der Waals surface area contributed by atoms with Crippen LogP contribution in [-0.4, -0.2) is 35.0 Å². The van der Waals surface area contributed by atoms with Crippen LogP contribution in [0.25, 0.3) is 5.76 Å². The molecule has 1 N–H and O–H groups in total. The van der Waals surface area contributed by atoms with Crippen molar-refractivity contribution in [1.82, 2.24) is 4.98 Å². The van der Waals surface area contributed by atoms with E-state index in [-0.39, 0.29) is 23.5 Å². The lowest BCUT2D eigenvalue weighted by Crippen LogP contribution is -2.30. The molecule has 1 aliphatic heterocycles. The number of hydrogen-bond donors (Lipinski definition) is 1. The summed E-state index contributed by atoms with van der Waals surface area (Å²) in [5, 5.41) is 11.3. The Kier molecular flexibility index (Phi) is 6.77. The van der Waals surface area contributed by atoms with E-state index >= 15 is 0 Å². The van der Waals surface area contributed by atoms with Crippen molar-refractivity contribution >= 4 is 23.1 Å². The summed E-state index contributed by atoms with van der Waals surface area (Å²) in [5.74, 6) is -3.65. The molecule has 2 aromatic carbocycles. The SMILES string of the molecule is CCOc1ccc(/C(O)=C2/C(=O)C(=O)N(c3cc(F)ccc3F)C2c2ccncc2)c(OCC)c1. The fraction of sp³-hybridized carbons (Fsp3) is 0.192. The Labute approximate surface area is 200 Å². The minimum Gasteiger partial charge on any atom is -0.507 e. The Balaban J connectivity index is 1.96. The molecule has 4 rings (SSSR count). The number of benzene rings is 2. The average molecular weight is 480 g/mol. The number of Topliss-reactive ketones (excluding diaryl/α,β-unsaturated/α-hetero) is 1. The van der Waals surface area contributed by atoms with Crippen molar-refractivity contribution in [2.24, 2.45) is 0 Å². The van der Waals surface area contributed by atoms with Crippen LogP contribution in [0.2, 0.25) is 0 Å². The molecule has 0 bridgehead atoms. The van der Waals surface area contributed by atoms with Crippen molar-refractivity contribution in [3.8, 4) is 11.5 Å². The highest BCUT2D eigenvalue weighted by atomic mass is 19.1. The lowest BCUT2D eigenvalue weighted by Gasteiger charge is -2.25. The van der Waals surface area contributed by atoms with Gasteiger partial charge in [-0.3, -0.25) is 19.5 Å². The van der Waals surface area contributed by atoms with Gasteiger partial charge in [0.25, 0.3) is 11.7 Å². The van der Waals surface area contributed by atoms with Gasteiger partial charge in [0.15, 0.2) is 0 Å². The molecule has 0 aliphatic carbocycles. The van der Waals surface area contributed by atoms with Crippen LogP contribution in [0.4, 0.5) is 14.5 Å². The summed E-state index contributed by atoms with van der Waals surface area (Å²) in [6, 6.07) is 9.07. The molecule has 0 radical (unpaired) electrons. The van der Waals surface area contributed by atoms with E-state index in [1.807, 2.05) is 6.92 Å². The molecule has 0 saturated carbocycles. The molecule has 1 saturated heterocycles. The van der Waals surface area contributed by atoms with Gasteiger partial charge in [0.2, 0.25) is 0 Å². The Hall–Kier alpha value is -4.27. The molecule has 180 valence electrons. The predicted octanol–water partition coefficient (Wildman–Crippen LogP) is 4.78. The number of nitrogens with zero attached hydrogens (tertiary/aromatic N) is 2. The number of aliphatic hydroxyl groups is 1. The topological polar surface area (TPSA) is 89.0 Å². The smallest absolute Gasteiger partial charge is 0.300 e. The van der Waals surface area contributed by atoms with Crippen LogP contribution < -0.4 is 14.4 Å². The fourth-order valence-electron chi connectivity index (χ4n) is 3.99. The second kappa shape index (κ2) is 9.92. The van der Waals surface area contributed by atoms with Crippen LogP contribution in [-0.2, 0) is 9.59 Å². The van der Waals surface area contributed by atoms with E-state index in [0.29, 0.717) is 17.9 Å². The molecule has 1 unspecified atom stereocenters. The van der Waals surface area contributed by atoms with Gasteiger partial charge in [-0.05, 0) is 55.8 Å². The molecule has 1 fully saturated rings. The first-order valence-corrected chi connectivity index (χ1v) is 10.9. The lowest BCUT2D eigenvalue weighted by atomic mass is 9.95. The van der Waals surface area contributed by atoms with Gasteiger partial charge in [0.1, 0.15) is 28.9 Å². The number of ketones is 1. The maximum atomic E-state index is 14.7. The molecule has 3 aromatic rings. The molecular formula is C26H22F2N2O5. The first-order valence-electron chi connectivity index (χ1n) is 10.9. The van der Waals surface area contributed by atoms with Gasteiger partial charge < -0.3 is 14.6 Å². The Morgan fingerprint density at radius 2 is 1.71 bits per heavy atom. The number of halogens is 2. The quantitative estimate of drug-likeness (QED) is 0.297. The number of carbonyl (C=O) groups excluding carboxylic acids is 2. The Morgan fingerprint density at radius 1 is 1.00 bits per heavy atom. The largest absolute Gasteiger partial charge is 0.507 e. The molecular weight excluding hydrogens is 458 g/mol. The molecule has 35 heavy (non-hydrogen) atoms. The number of anilines is 1. The van der Waals surface area contributed by atoms with Crippen molar-refractivity contribution in [2.75, 3.05) is 18.1 Å². The van der Waals surface area contributed by atoms with Crippen molar-refractivity contribution in [1.29, 1.82) is 0 Å². The van der Waals surface area contributed by atoms with E-state index in [4.69, 9.17) is 9.47 Å². The van der Waals surface area contributed by atoms with Crippen LogP contribution in [0, 0.1) is 11.6 Å². The number of hydrogen-bond acceptors (Lipinski definition) is 6. The molecule has 1 amide bonds. The Bertz CT molecular complexity index is 1310. The van der Waals surface area contributed by atoms with Crippen LogP contribution in [0.5, 0.6) is 11.5 Å². The number of ether oxygens (including phenoxy) is 2. The van der Waals surface area contributed by atoms with Gasteiger partial charge in [0, 0.05) is 24.5 Å². The standard InChI is InChI=1S/C26H22F2N2O5/c1-3-34-17-6-7-18(21(14-17)35-4-2)24(31)22-23(15-9-11-29-12-10-15)30(26(33)25(22)32)20-13-16(27)5-8-19(20)28/h5-14,23,31H,3-4H2,1-2H3/b24-22-. The summed E-state index contributed by atoms with van der Waals surface area (Å²) in [7, 11) is 0. The summed E-state index contributed by atoms with van der Waals surface area (Å²) in [5.41, 5.74) is -0.208. The van der Waals surface area contributed by atoms with E-state index in [2.05, 4.69) is 4.98 Å². The predicted molar refractivity (Wildman–Crippen MR) is 124 cm³/mol. The van der Waals surface area contributed by atoms with E-state index in [0.717, 1.165) is 23.1 Å². The van der Waals surface area contributed by atoms with Crippen molar-refractivity contribution in [2.45, 2.75) is 19.9 Å². The summed E-state index contributed by atoms with van der Waals surface area (Å²) >= 11 is 0. The number of amides is 1. The Morgan fingerprint density at radius 3 is 2.40 bits per heavy atom. The molecule has 7 nitrogen and oxygen atoms in total. The van der Waals surface area contributed by atoms with Gasteiger partial charge in [-0.25, -0.2) is 8.78 Å². The minimum atomic E-state index is -1.24. The van der Waals surface area contributed by atoms with Crippen LogP contribution in [0.3, 0.4) is 0 Å².